The predicted octanol–water partition coefficient (Wildman–Crippen LogP) is 0.563. The van der Waals surface area contributed by atoms with Crippen molar-refractivity contribution >= 4 is 0 Å². The molecule has 0 saturated heterocycles. The van der Waals surface area contributed by atoms with Crippen molar-refractivity contribution in [1.82, 2.24) is 0 Å². The highest BCUT2D eigenvalue weighted by Crippen LogP contribution is 2.11. The Morgan fingerprint density at radius 3 is 2.21 bits per heavy atom. The van der Waals surface area contributed by atoms with Crippen LogP contribution in [0.4, 0.5) is 0 Å². The molecule has 0 fully saturated rings. The number of aliphatic hydroxyl groups excluding tert-OH is 2. The number of ether oxygens (including phenoxy) is 2. The zero-order valence-corrected chi connectivity index (χ0v) is 9.16. The second kappa shape index (κ2) is 8.17. The highest BCUT2D eigenvalue weighted by molar-refractivity contribution is 4.78. The largest absolute Gasteiger partial charge is 0.393 e. The summed E-state index contributed by atoms with van der Waals surface area (Å²) in [6.07, 6.45) is 3.17. The maximum Gasteiger partial charge on any atom is 0.137 e. The molecule has 0 radical (unpaired) electrons. The zero-order chi connectivity index (χ0) is 10.9. The van der Waals surface area contributed by atoms with Gasteiger partial charge in [-0.3, -0.25) is 0 Å². The van der Waals surface area contributed by atoms with Crippen LogP contribution < -0.4 is 0 Å². The summed E-state index contributed by atoms with van der Waals surface area (Å²) in [5, 5.41) is 18.2. The highest BCUT2D eigenvalue weighted by atomic mass is 16.6. The van der Waals surface area contributed by atoms with Gasteiger partial charge >= 0.3 is 0 Å². The third-order valence-electron chi connectivity index (χ3n) is 2.14. The first-order valence-electron chi connectivity index (χ1n) is 5.09. The van der Waals surface area contributed by atoms with Crippen molar-refractivity contribution in [1.29, 1.82) is 0 Å². The Hall–Kier alpha value is -0.160. The second-order valence-corrected chi connectivity index (χ2v) is 3.49. The molecule has 0 bridgehead atoms. The first-order valence-corrected chi connectivity index (χ1v) is 5.09. The van der Waals surface area contributed by atoms with Crippen LogP contribution in [0, 0.1) is 0 Å². The molecule has 0 saturated carbocycles. The van der Waals surface area contributed by atoms with Crippen LogP contribution in [0.5, 0.6) is 0 Å². The van der Waals surface area contributed by atoms with Crippen LogP contribution in [0.25, 0.3) is 0 Å². The van der Waals surface area contributed by atoms with E-state index in [1.165, 1.54) is 7.11 Å². The van der Waals surface area contributed by atoms with Crippen LogP contribution in [0.2, 0.25) is 0 Å². The van der Waals surface area contributed by atoms with Crippen molar-refractivity contribution in [3.63, 3.8) is 0 Å². The number of methoxy groups -OCH3 is 1. The lowest BCUT2D eigenvalue weighted by Crippen LogP contribution is -2.45. The fraction of sp³-hybridized carbons (Fsp3) is 1.00. The van der Waals surface area contributed by atoms with Crippen molar-refractivity contribution in [3.8, 4) is 0 Å². The van der Waals surface area contributed by atoms with Crippen molar-refractivity contribution in [2.24, 2.45) is 0 Å². The van der Waals surface area contributed by atoms with Crippen LogP contribution >= 0.6 is 0 Å². The maximum atomic E-state index is 9.10. The number of hydrogen-bond donors (Lipinski definition) is 2. The molecule has 14 heavy (non-hydrogen) atoms. The number of unbranched alkanes of at least 4 members (excludes halogenated alkanes) is 2. The minimum atomic E-state index is -0.928. The molecule has 0 amide bonds. The van der Waals surface area contributed by atoms with Gasteiger partial charge in [0.15, 0.2) is 0 Å². The molecule has 2 N–H and O–H groups in total. The number of hydrogen-bond acceptors (Lipinski definition) is 4. The van der Waals surface area contributed by atoms with Crippen molar-refractivity contribution in [2.75, 3.05) is 33.5 Å². The van der Waals surface area contributed by atoms with Crippen LogP contribution in [0.3, 0.4) is 0 Å². The lowest BCUT2D eigenvalue weighted by molar-refractivity contribution is -0.140. The smallest absolute Gasteiger partial charge is 0.137 e. The molecule has 0 aliphatic carbocycles. The quantitative estimate of drug-likeness (QED) is 0.541. The first kappa shape index (κ1) is 13.8. The molecule has 0 aliphatic rings. The molecule has 4 nitrogen and oxygen atoms in total. The van der Waals surface area contributed by atoms with E-state index in [0.29, 0.717) is 6.61 Å². The van der Waals surface area contributed by atoms with E-state index in [1.54, 1.807) is 0 Å². The molecule has 0 heterocycles. The topological polar surface area (TPSA) is 58.9 Å². The van der Waals surface area contributed by atoms with Crippen LogP contribution in [-0.2, 0) is 9.47 Å². The molecule has 0 aliphatic heterocycles. The van der Waals surface area contributed by atoms with E-state index in [4.69, 9.17) is 19.7 Å². The molecular weight excluding hydrogens is 184 g/mol. The Kier molecular flexibility index (Phi) is 8.08. The monoisotopic (exact) mass is 206 g/mol. The van der Waals surface area contributed by atoms with Crippen LogP contribution in [0.15, 0.2) is 0 Å². The summed E-state index contributed by atoms with van der Waals surface area (Å²) in [5.41, 5.74) is -0.928. The summed E-state index contributed by atoms with van der Waals surface area (Å²) in [4.78, 5) is 0. The minimum Gasteiger partial charge on any atom is -0.393 e. The summed E-state index contributed by atoms with van der Waals surface area (Å²) in [6, 6.07) is 0. The standard InChI is InChI=1S/C10H22O4/c1-3-4-5-6-14-10(7-11,8-12)9-13-2/h11-12H,3-9H2,1-2H3. The first-order chi connectivity index (χ1) is 6.74. The molecule has 0 aromatic carbocycles. The van der Waals surface area contributed by atoms with Crippen LogP contribution in [-0.4, -0.2) is 49.4 Å². The predicted molar refractivity (Wildman–Crippen MR) is 54.3 cm³/mol. The van der Waals surface area contributed by atoms with E-state index in [9.17, 15) is 0 Å². The minimum absolute atomic E-state index is 0.214. The Balaban J connectivity index is 3.82. The summed E-state index contributed by atoms with van der Waals surface area (Å²) >= 11 is 0. The normalized spacial score (nSPS) is 12.0. The molecule has 0 unspecified atom stereocenters. The fourth-order valence-corrected chi connectivity index (χ4v) is 1.18. The molecule has 0 rings (SSSR count). The molecular formula is C10H22O4. The van der Waals surface area contributed by atoms with Gasteiger partial charge in [-0.2, -0.15) is 0 Å². The zero-order valence-electron chi connectivity index (χ0n) is 9.16. The van der Waals surface area contributed by atoms with Gasteiger partial charge in [0, 0.05) is 13.7 Å². The van der Waals surface area contributed by atoms with Crippen LogP contribution in [0.1, 0.15) is 26.2 Å². The van der Waals surface area contributed by atoms with E-state index in [0.717, 1.165) is 19.3 Å². The second-order valence-electron chi connectivity index (χ2n) is 3.49. The van der Waals surface area contributed by atoms with Gasteiger partial charge in [0.1, 0.15) is 5.60 Å². The third-order valence-corrected chi connectivity index (χ3v) is 2.14. The van der Waals surface area contributed by atoms with E-state index in [-0.39, 0.29) is 19.8 Å². The van der Waals surface area contributed by atoms with Crippen molar-refractivity contribution < 1.29 is 19.7 Å². The molecule has 0 aromatic rings. The maximum absolute atomic E-state index is 9.10. The average Bonchev–Trinajstić information content (AvgIpc) is 2.23. The van der Waals surface area contributed by atoms with Gasteiger partial charge in [0.05, 0.1) is 19.8 Å². The van der Waals surface area contributed by atoms with Gasteiger partial charge in [-0.25, -0.2) is 0 Å². The highest BCUT2D eigenvalue weighted by Gasteiger charge is 2.29. The van der Waals surface area contributed by atoms with E-state index in [1.807, 2.05) is 0 Å². The van der Waals surface area contributed by atoms with Gasteiger partial charge in [-0.1, -0.05) is 19.8 Å². The number of aliphatic hydroxyl groups is 2. The van der Waals surface area contributed by atoms with Gasteiger partial charge in [-0.05, 0) is 6.42 Å². The average molecular weight is 206 g/mol. The van der Waals surface area contributed by atoms with Gasteiger partial charge in [0.2, 0.25) is 0 Å². The van der Waals surface area contributed by atoms with E-state index < -0.39 is 5.60 Å². The van der Waals surface area contributed by atoms with E-state index >= 15 is 0 Å². The molecule has 4 heteroatoms. The molecule has 0 aromatic heterocycles. The third kappa shape index (κ3) is 4.91. The Labute approximate surface area is 85.8 Å². The van der Waals surface area contributed by atoms with Crippen molar-refractivity contribution in [2.45, 2.75) is 31.8 Å². The summed E-state index contributed by atoms with van der Waals surface area (Å²) in [6.45, 7) is 2.44. The summed E-state index contributed by atoms with van der Waals surface area (Å²) in [7, 11) is 1.52. The Morgan fingerprint density at radius 1 is 1.14 bits per heavy atom. The Bertz CT molecular complexity index is 123. The summed E-state index contributed by atoms with van der Waals surface area (Å²) < 4.78 is 10.3. The fourth-order valence-electron chi connectivity index (χ4n) is 1.18. The van der Waals surface area contributed by atoms with E-state index in [2.05, 4.69) is 6.92 Å². The number of rotatable bonds is 9. The van der Waals surface area contributed by atoms with Gasteiger partial charge in [-0.15, -0.1) is 0 Å². The van der Waals surface area contributed by atoms with Gasteiger partial charge < -0.3 is 19.7 Å². The SMILES string of the molecule is CCCCCOC(CO)(CO)COC. The lowest BCUT2D eigenvalue weighted by Gasteiger charge is -2.29. The molecule has 0 atom stereocenters. The Morgan fingerprint density at radius 2 is 1.79 bits per heavy atom. The summed E-state index contributed by atoms with van der Waals surface area (Å²) in [5.74, 6) is 0. The van der Waals surface area contributed by atoms with Gasteiger partial charge in [0.25, 0.3) is 0 Å². The molecule has 86 valence electrons. The lowest BCUT2D eigenvalue weighted by atomic mass is 10.1. The van der Waals surface area contributed by atoms with Crippen molar-refractivity contribution in [3.05, 3.63) is 0 Å². The molecule has 0 spiro atoms.